The van der Waals surface area contributed by atoms with Gasteiger partial charge in [-0.15, -0.1) is 0 Å². The number of para-hydroxylation sites is 1. The van der Waals surface area contributed by atoms with Gasteiger partial charge in [0.1, 0.15) is 11.6 Å². The first-order chi connectivity index (χ1) is 10.1. The molecular weight excluding hydrogens is 266 g/mol. The predicted molar refractivity (Wildman–Crippen MR) is 80.3 cm³/mol. The highest BCUT2D eigenvalue weighted by atomic mass is 16.5. The maximum atomic E-state index is 12.2. The fourth-order valence-corrected chi connectivity index (χ4v) is 2.02. The van der Waals surface area contributed by atoms with E-state index >= 15 is 0 Å². The van der Waals surface area contributed by atoms with E-state index in [1.807, 2.05) is 31.2 Å². The van der Waals surface area contributed by atoms with E-state index in [4.69, 9.17) is 4.74 Å². The first-order valence-electron chi connectivity index (χ1n) is 6.91. The van der Waals surface area contributed by atoms with Crippen LogP contribution in [0.5, 0.6) is 5.75 Å². The third kappa shape index (κ3) is 3.78. The highest BCUT2D eigenvalue weighted by Crippen LogP contribution is 2.17. The van der Waals surface area contributed by atoms with E-state index in [-0.39, 0.29) is 5.91 Å². The molecule has 1 amide bonds. The molecule has 110 valence electrons. The Kier molecular flexibility index (Phi) is 4.87. The molecule has 21 heavy (non-hydrogen) atoms. The van der Waals surface area contributed by atoms with Crippen LogP contribution in [0, 0.1) is 13.8 Å². The number of aromatic nitrogens is 2. The van der Waals surface area contributed by atoms with Gasteiger partial charge >= 0.3 is 0 Å². The summed E-state index contributed by atoms with van der Waals surface area (Å²) in [6.45, 7) is 6.53. The second kappa shape index (κ2) is 6.83. The molecule has 0 unspecified atom stereocenters. The van der Waals surface area contributed by atoms with E-state index in [1.165, 1.54) is 0 Å². The molecule has 0 bridgehead atoms. The van der Waals surface area contributed by atoms with Gasteiger partial charge in [-0.1, -0.05) is 18.2 Å². The molecule has 0 radical (unpaired) electrons. The molecule has 0 aliphatic carbocycles. The van der Waals surface area contributed by atoms with Crippen molar-refractivity contribution in [3.05, 3.63) is 53.1 Å². The van der Waals surface area contributed by atoms with E-state index in [2.05, 4.69) is 15.3 Å². The van der Waals surface area contributed by atoms with Crippen LogP contribution in [0.4, 0.5) is 0 Å². The molecule has 1 heterocycles. The molecule has 1 N–H and O–H groups in total. The van der Waals surface area contributed by atoms with Gasteiger partial charge in [0.05, 0.1) is 17.9 Å². The number of hydrogen-bond acceptors (Lipinski definition) is 4. The normalized spacial score (nSPS) is 10.2. The summed E-state index contributed by atoms with van der Waals surface area (Å²) in [4.78, 5) is 20.5. The van der Waals surface area contributed by atoms with Gasteiger partial charge in [0.2, 0.25) is 0 Å². The SMILES string of the molecule is CCOc1ccccc1CNC(=O)c1cnc(C)nc1C. The Labute approximate surface area is 124 Å². The van der Waals surface area contributed by atoms with Crippen LogP contribution in [-0.2, 0) is 6.54 Å². The average molecular weight is 285 g/mol. The predicted octanol–water partition coefficient (Wildman–Crippen LogP) is 2.42. The number of amides is 1. The Balaban J connectivity index is 2.07. The van der Waals surface area contributed by atoms with E-state index in [9.17, 15) is 4.79 Å². The number of nitrogens with one attached hydrogen (secondary N) is 1. The van der Waals surface area contributed by atoms with Crippen LogP contribution >= 0.6 is 0 Å². The summed E-state index contributed by atoms with van der Waals surface area (Å²) in [7, 11) is 0. The molecule has 1 aromatic heterocycles. The van der Waals surface area contributed by atoms with E-state index in [0.717, 1.165) is 11.3 Å². The lowest BCUT2D eigenvalue weighted by Crippen LogP contribution is -2.24. The quantitative estimate of drug-likeness (QED) is 0.916. The molecule has 1 aromatic carbocycles. The summed E-state index contributed by atoms with van der Waals surface area (Å²) in [6.07, 6.45) is 1.56. The number of benzene rings is 1. The topological polar surface area (TPSA) is 64.1 Å². The summed E-state index contributed by atoms with van der Waals surface area (Å²) < 4.78 is 5.54. The highest BCUT2D eigenvalue weighted by molar-refractivity contribution is 5.94. The van der Waals surface area contributed by atoms with Gasteiger partial charge in [-0.2, -0.15) is 0 Å². The Morgan fingerprint density at radius 3 is 2.76 bits per heavy atom. The third-order valence-corrected chi connectivity index (χ3v) is 3.06. The Morgan fingerprint density at radius 1 is 1.29 bits per heavy atom. The van der Waals surface area contributed by atoms with Crippen molar-refractivity contribution in [1.29, 1.82) is 0 Å². The fourth-order valence-electron chi connectivity index (χ4n) is 2.02. The summed E-state index contributed by atoms with van der Waals surface area (Å²) >= 11 is 0. The molecule has 0 spiro atoms. The minimum Gasteiger partial charge on any atom is -0.494 e. The monoisotopic (exact) mass is 285 g/mol. The zero-order valence-electron chi connectivity index (χ0n) is 12.5. The van der Waals surface area contributed by atoms with Crippen LogP contribution in [0.1, 0.15) is 34.4 Å². The summed E-state index contributed by atoms with van der Waals surface area (Å²) in [5, 5.41) is 2.88. The average Bonchev–Trinajstić information content (AvgIpc) is 2.46. The van der Waals surface area contributed by atoms with Crippen LogP contribution in [0.2, 0.25) is 0 Å². The van der Waals surface area contributed by atoms with Crippen molar-refractivity contribution in [3.8, 4) is 5.75 Å². The molecular formula is C16H19N3O2. The van der Waals surface area contributed by atoms with Crippen molar-refractivity contribution in [3.63, 3.8) is 0 Å². The highest BCUT2D eigenvalue weighted by Gasteiger charge is 2.11. The molecule has 0 aliphatic heterocycles. The smallest absolute Gasteiger partial charge is 0.254 e. The van der Waals surface area contributed by atoms with Crippen molar-refractivity contribution in [2.45, 2.75) is 27.3 Å². The number of carbonyl (C=O) groups excluding carboxylic acids is 1. The lowest BCUT2D eigenvalue weighted by atomic mass is 10.2. The van der Waals surface area contributed by atoms with Gasteiger partial charge in [0.15, 0.2) is 0 Å². The number of rotatable bonds is 5. The van der Waals surface area contributed by atoms with Crippen LogP contribution in [0.3, 0.4) is 0 Å². The largest absolute Gasteiger partial charge is 0.494 e. The van der Waals surface area contributed by atoms with Crippen molar-refractivity contribution >= 4 is 5.91 Å². The van der Waals surface area contributed by atoms with Gasteiger partial charge < -0.3 is 10.1 Å². The number of aryl methyl sites for hydroxylation is 2. The minimum atomic E-state index is -0.182. The second-order valence-electron chi connectivity index (χ2n) is 4.64. The first-order valence-corrected chi connectivity index (χ1v) is 6.91. The standard InChI is InChI=1S/C16H19N3O2/c1-4-21-15-8-6-5-7-13(15)9-18-16(20)14-10-17-12(3)19-11(14)2/h5-8,10H,4,9H2,1-3H3,(H,18,20). The van der Waals surface area contributed by atoms with Gasteiger partial charge in [0.25, 0.3) is 5.91 Å². The molecule has 0 saturated heterocycles. The van der Waals surface area contributed by atoms with Crippen LogP contribution in [0.25, 0.3) is 0 Å². The Hall–Kier alpha value is -2.43. The third-order valence-electron chi connectivity index (χ3n) is 3.06. The maximum Gasteiger partial charge on any atom is 0.254 e. The van der Waals surface area contributed by atoms with Crippen molar-refractivity contribution in [2.24, 2.45) is 0 Å². The molecule has 0 atom stereocenters. The number of carbonyl (C=O) groups is 1. The summed E-state index contributed by atoms with van der Waals surface area (Å²) in [5.41, 5.74) is 2.12. The van der Waals surface area contributed by atoms with Gasteiger partial charge in [-0.05, 0) is 26.8 Å². The van der Waals surface area contributed by atoms with Crippen LogP contribution in [0.15, 0.2) is 30.5 Å². The van der Waals surface area contributed by atoms with Gasteiger partial charge in [0, 0.05) is 18.3 Å². The Morgan fingerprint density at radius 2 is 2.05 bits per heavy atom. The van der Waals surface area contributed by atoms with Gasteiger partial charge in [-0.25, -0.2) is 9.97 Å². The fraction of sp³-hybridized carbons (Fsp3) is 0.312. The lowest BCUT2D eigenvalue weighted by molar-refractivity contribution is 0.0949. The van der Waals surface area contributed by atoms with E-state index in [0.29, 0.717) is 30.2 Å². The molecule has 2 rings (SSSR count). The van der Waals surface area contributed by atoms with E-state index in [1.54, 1.807) is 20.0 Å². The molecule has 5 nitrogen and oxygen atoms in total. The van der Waals surface area contributed by atoms with E-state index < -0.39 is 0 Å². The Bertz CT molecular complexity index is 641. The van der Waals surface area contributed by atoms with Crippen molar-refractivity contribution in [2.75, 3.05) is 6.61 Å². The summed E-state index contributed by atoms with van der Waals surface area (Å²) in [5.74, 6) is 1.27. The van der Waals surface area contributed by atoms with Crippen LogP contribution in [-0.4, -0.2) is 22.5 Å². The minimum absolute atomic E-state index is 0.182. The molecule has 0 aliphatic rings. The first kappa shape index (κ1) is 15.0. The van der Waals surface area contributed by atoms with Crippen LogP contribution < -0.4 is 10.1 Å². The molecule has 0 saturated carbocycles. The number of nitrogens with zero attached hydrogens (tertiary/aromatic N) is 2. The lowest BCUT2D eigenvalue weighted by Gasteiger charge is -2.11. The molecule has 2 aromatic rings. The van der Waals surface area contributed by atoms with Crippen molar-refractivity contribution in [1.82, 2.24) is 15.3 Å². The second-order valence-corrected chi connectivity index (χ2v) is 4.64. The summed E-state index contributed by atoms with van der Waals surface area (Å²) in [6, 6.07) is 7.66. The molecule has 0 fully saturated rings. The molecule has 5 heteroatoms. The van der Waals surface area contributed by atoms with Gasteiger partial charge in [-0.3, -0.25) is 4.79 Å². The number of hydrogen-bond donors (Lipinski definition) is 1. The zero-order chi connectivity index (χ0) is 15.2. The zero-order valence-corrected chi connectivity index (χ0v) is 12.5. The maximum absolute atomic E-state index is 12.2. The number of ether oxygens (including phenoxy) is 1. The van der Waals surface area contributed by atoms with Crippen molar-refractivity contribution < 1.29 is 9.53 Å².